The van der Waals surface area contributed by atoms with Crippen LogP contribution in [0.3, 0.4) is 0 Å². The van der Waals surface area contributed by atoms with Gasteiger partial charge in [0.05, 0.1) is 13.7 Å². The highest BCUT2D eigenvalue weighted by molar-refractivity contribution is 5.72. The molecule has 122 valence electrons. The number of aryl methyl sites for hydroxylation is 2. The molecular formula is C19H22O4. The minimum atomic E-state index is -0.247. The van der Waals surface area contributed by atoms with Crippen molar-refractivity contribution in [1.29, 1.82) is 0 Å². The number of esters is 1. The second-order valence-electron chi connectivity index (χ2n) is 5.21. The van der Waals surface area contributed by atoms with Crippen molar-refractivity contribution in [2.45, 2.75) is 26.7 Å². The molecule has 0 N–H and O–H groups in total. The molecule has 0 bridgehead atoms. The molecule has 0 aliphatic heterocycles. The van der Waals surface area contributed by atoms with E-state index in [-0.39, 0.29) is 5.97 Å². The van der Waals surface area contributed by atoms with Crippen LogP contribution in [-0.2, 0) is 11.2 Å². The van der Waals surface area contributed by atoms with Crippen molar-refractivity contribution in [1.82, 2.24) is 0 Å². The number of carbonyl (C=O) groups excluding carboxylic acids is 1. The molecule has 0 amide bonds. The average Bonchev–Trinajstić information content (AvgIpc) is 2.54. The van der Waals surface area contributed by atoms with Crippen LogP contribution < -0.4 is 14.2 Å². The summed E-state index contributed by atoms with van der Waals surface area (Å²) in [7, 11) is 1.60. The SMILES string of the molecule is CCOc1ccc(CCC(=O)Oc2cccc(C)c2)cc1OC. The molecule has 0 saturated heterocycles. The summed E-state index contributed by atoms with van der Waals surface area (Å²) in [5.41, 5.74) is 2.07. The zero-order chi connectivity index (χ0) is 16.7. The summed E-state index contributed by atoms with van der Waals surface area (Å²) in [5.74, 6) is 1.72. The van der Waals surface area contributed by atoms with Gasteiger partial charge in [-0.05, 0) is 55.7 Å². The number of hydrogen-bond acceptors (Lipinski definition) is 4. The highest BCUT2D eigenvalue weighted by atomic mass is 16.5. The molecule has 4 nitrogen and oxygen atoms in total. The summed E-state index contributed by atoms with van der Waals surface area (Å²) < 4.78 is 16.1. The van der Waals surface area contributed by atoms with E-state index in [9.17, 15) is 4.79 Å². The van der Waals surface area contributed by atoms with Crippen LogP contribution >= 0.6 is 0 Å². The molecule has 0 radical (unpaired) electrons. The van der Waals surface area contributed by atoms with E-state index in [1.165, 1.54) is 0 Å². The molecular weight excluding hydrogens is 292 g/mol. The van der Waals surface area contributed by atoms with Gasteiger partial charge in [0.15, 0.2) is 11.5 Å². The van der Waals surface area contributed by atoms with Gasteiger partial charge in [0.1, 0.15) is 5.75 Å². The van der Waals surface area contributed by atoms with Crippen molar-refractivity contribution in [3.8, 4) is 17.2 Å². The molecule has 2 aromatic rings. The second kappa shape index (κ2) is 8.22. The van der Waals surface area contributed by atoms with Crippen LogP contribution in [0.15, 0.2) is 42.5 Å². The van der Waals surface area contributed by atoms with Crippen molar-refractivity contribution in [2.24, 2.45) is 0 Å². The van der Waals surface area contributed by atoms with Crippen LogP contribution in [0.25, 0.3) is 0 Å². The normalized spacial score (nSPS) is 10.2. The molecule has 0 unspecified atom stereocenters. The Hall–Kier alpha value is -2.49. The maximum atomic E-state index is 11.9. The zero-order valence-electron chi connectivity index (χ0n) is 13.8. The van der Waals surface area contributed by atoms with Crippen LogP contribution in [0.2, 0.25) is 0 Å². The van der Waals surface area contributed by atoms with Gasteiger partial charge in [0, 0.05) is 6.42 Å². The minimum Gasteiger partial charge on any atom is -0.493 e. The minimum absolute atomic E-state index is 0.247. The third kappa shape index (κ3) is 5.02. The Bertz CT molecular complexity index is 664. The Morgan fingerprint density at radius 2 is 1.91 bits per heavy atom. The summed E-state index contributed by atoms with van der Waals surface area (Å²) >= 11 is 0. The van der Waals surface area contributed by atoms with E-state index >= 15 is 0 Å². The molecule has 0 aliphatic rings. The predicted molar refractivity (Wildman–Crippen MR) is 89.3 cm³/mol. The third-order valence-electron chi connectivity index (χ3n) is 3.37. The molecule has 0 spiro atoms. The number of ether oxygens (including phenoxy) is 3. The van der Waals surface area contributed by atoms with Gasteiger partial charge in [0.2, 0.25) is 0 Å². The Morgan fingerprint density at radius 3 is 2.61 bits per heavy atom. The Balaban J connectivity index is 1.93. The number of benzene rings is 2. The summed E-state index contributed by atoms with van der Waals surface area (Å²) in [4.78, 5) is 11.9. The fourth-order valence-electron chi connectivity index (χ4n) is 2.25. The molecule has 0 saturated carbocycles. The molecule has 0 heterocycles. The molecule has 0 aromatic heterocycles. The van der Waals surface area contributed by atoms with Crippen LogP contribution in [0.4, 0.5) is 0 Å². The van der Waals surface area contributed by atoms with Crippen molar-refractivity contribution in [3.05, 3.63) is 53.6 Å². The smallest absolute Gasteiger partial charge is 0.311 e. The average molecular weight is 314 g/mol. The van der Waals surface area contributed by atoms with Crippen LogP contribution in [0.5, 0.6) is 17.2 Å². The number of hydrogen-bond donors (Lipinski definition) is 0. The van der Waals surface area contributed by atoms with E-state index in [2.05, 4.69) is 0 Å². The van der Waals surface area contributed by atoms with Crippen molar-refractivity contribution in [3.63, 3.8) is 0 Å². The maximum absolute atomic E-state index is 11.9. The first-order chi connectivity index (χ1) is 11.1. The van der Waals surface area contributed by atoms with E-state index in [0.717, 1.165) is 11.1 Å². The number of methoxy groups -OCH3 is 1. The first-order valence-electron chi connectivity index (χ1n) is 7.69. The largest absolute Gasteiger partial charge is 0.493 e. The summed E-state index contributed by atoms with van der Waals surface area (Å²) in [6, 6.07) is 13.2. The van der Waals surface area contributed by atoms with Gasteiger partial charge in [-0.2, -0.15) is 0 Å². The van der Waals surface area contributed by atoms with Crippen molar-refractivity contribution in [2.75, 3.05) is 13.7 Å². The van der Waals surface area contributed by atoms with Gasteiger partial charge in [-0.15, -0.1) is 0 Å². The lowest BCUT2D eigenvalue weighted by atomic mass is 10.1. The Kier molecular flexibility index (Phi) is 6.03. The molecule has 0 atom stereocenters. The van der Waals surface area contributed by atoms with Crippen LogP contribution in [0, 0.1) is 6.92 Å². The second-order valence-corrected chi connectivity index (χ2v) is 5.21. The molecule has 2 rings (SSSR count). The molecule has 0 aliphatic carbocycles. The van der Waals surface area contributed by atoms with Gasteiger partial charge >= 0.3 is 5.97 Å². The Morgan fingerprint density at radius 1 is 1.09 bits per heavy atom. The zero-order valence-corrected chi connectivity index (χ0v) is 13.8. The molecule has 23 heavy (non-hydrogen) atoms. The van der Waals surface area contributed by atoms with Gasteiger partial charge in [0.25, 0.3) is 0 Å². The monoisotopic (exact) mass is 314 g/mol. The lowest BCUT2D eigenvalue weighted by molar-refractivity contribution is -0.134. The standard InChI is InChI=1S/C19H22O4/c1-4-22-17-10-8-15(13-18(17)21-3)9-11-19(20)23-16-7-5-6-14(2)12-16/h5-8,10,12-13H,4,9,11H2,1-3H3. The first kappa shape index (κ1) is 16.9. The van der Waals surface area contributed by atoms with E-state index < -0.39 is 0 Å². The van der Waals surface area contributed by atoms with Gasteiger partial charge < -0.3 is 14.2 Å². The van der Waals surface area contributed by atoms with E-state index in [1.54, 1.807) is 13.2 Å². The summed E-state index contributed by atoms with van der Waals surface area (Å²) in [5, 5.41) is 0. The van der Waals surface area contributed by atoms with Crippen molar-refractivity contribution < 1.29 is 19.0 Å². The maximum Gasteiger partial charge on any atom is 0.311 e. The number of carbonyl (C=O) groups is 1. The molecule has 2 aromatic carbocycles. The highest BCUT2D eigenvalue weighted by Crippen LogP contribution is 2.28. The summed E-state index contributed by atoms with van der Waals surface area (Å²) in [6.07, 6.45) is 0.901. The van der Waals surface area contributed by atoms with E-state index in [0.29, 0.717) is 36.7 Å². The highest BCUT2D eigenvalue weighted by Gasteiger charge is 2.09. The summed E-state index contributed by atoms with van der Waals surface area (Å²) in [6.45, 7) is 4.47. The lowest BCUT2D eigenvalue weighted by Gasteiger charge is -2.11. The molecule has 4 heteroatoms. The van der Waals surface area contributed by atoms with Gasteiger partial charge in [-0.3, -0.25) is 4.79 Å². The quantitative estimate of drug-likeness (QED) is 0.573. The van der Waals surface area contributed by atoms with Crippen LogP contribution in [0.1, 0.15) is 24.5 Å². The van der Waals surface area contributed by atoms with Crippen LogP contribution in [-0.4, -0.2) is 19.7 Å². The first-order valence-corrected chi connectivity index (χ1v) is 7.69. The predicted octanol–water partition coefficient (Wildman–Crippen LogP) is 3.94. The van der Waals surface area contributed by atoms with Gasteiger partial charge in [-0.1, -0.05) is 18.2 Å². The van der Waals surface area contributed by atoms with Gasteiger partial charge in [-0.25, -0.2) is 0 Å². The fraction of sp³-hybridized carbons (Fsp3) is 0.316. The lowest BCUT2D eigenvalue weighted by Crippen LogP contribution is -2.09. The van der Waals surface area contributed by atoms with E-state index in [4.69, 9.17) is 14.2 Å². The topological polar surface area (TPSA) is 44.8 Å². The molecule has 0 fully saturated rings. The third-order valence-corrected chi connectivity index (χ3v) is 3.37. The number of rotatable bonds is 7. The fourth-order valence-corrected chi connectivity index (χ4v) is 2.25. The van der Waals surface area contributed by atoms with Crippen molar-refractivity contribution >= 4 is 5.97 Å². The van der Waals surface area contributed by atoms with E-state index in [1.807, 2.05) is 50.2 Å². The Labute approximate surface area is 137 Å².